The minimum absolute atomic E-state index is 0.0363. The highest BCUT2D eigenvalue weighted by Crippen LogP contribution is 2.40. The molecule has 0 radical (unpaired) electrons. The highest BCUT2D eigenvalue weighted by atomic mass is 16.4. The number of carboxylic acid groups (broad SMARTS) is 1. The first kappa shape index (κ1) is 24.8. The van der Waals surface area contributed by atoms with Gasteiger partial charge < -0.3 is 5.11 Å². The smallest absolute Gasteiger partial charge is 0.336 e. The lowest BCUT2D eigenvalue weighted by molar-refractivity contribution is 0.0698. The van der Waals surface area contributed by atoms with Crippen molar-refractivity contribution in [3.8, 4) is 22.3 Å². The van der Waals surface area contributed by atoms with Crippen LogP contribution >= 0.6 is 0 Å². The third kappa shape index (κ3) is 4.76. The van der Waals surface area contributed by atoms with Crippen molar-refractivity contribution >= 4 is 5.97 Å². The van der Waals surface area contributed by atoms with Crippen molar-refractivity contribution in [2.75, 3.05) is 0 Å². The van der Waals surface area contributed by atoms with Gasteiger partial charge in [-0.05, 0) is 94.2 Å². The number of hydrogen-bond acceptors (Lipinski definition) is 1. The standard InChI is InChI=1S/C31H38O2/c1-18-14-22(30(5,6)7)15-19(2)26(18)24-12-11-13-25(28(24)29(32)33)27-20(3)16-23(17-21(27)4)31(8,9)10/h11-17H,1-10H3,(H,32,33). The minimum atomic E-state index is -0.891. The van der Waals surface area contributed by atoms with E-state index in [9.17, 15) is 9.90 Å². The molecule has 2 nitrogen and oxygen atoms in total. The SMILES string of the molecule is Cc1cc(C(C)(C)C)cc(C)c1-c1cccc(-c2c(C)cc(C(C)(C)C)cc2C)c1C(=O)O. The van der Waals surface area contributed by atoms with Crippen LogP contribution in [0.15, 0.2) is 42.5 Å². The van der Waals surface area contributed by atoms with E-state index in [4.69, 9.17) is 0 Å². The van der Waals surface area contributed by atoms with Crippen LogP contribution in [0.4, 0.5) is 0 Å². The van der Waals surface area contributed by atoms with E-state index in [1.165, 1.54) is 11.1 Å². The maximum absolute atomic E-state index is 12.7. The number of hydrogen-bond donors (Lipinski definition) is 1. The first-order valence-corrected chi connectivity index (χ1v) is 11.7. The predicted molar refractivity (Wildman–Crippen MR) is 141 cm³/mol. The molecule has 174 valence electrons. The summed E-state index contributed by atoms with van der Waals surface area (Å²) >= 11 is 0. The zero-order valence-corrected chi connectivity index (χ0v) is 21.9. The van der Waals surface area contributed by atoms with Crippen LogP contribution in [0.3, 0.4) is 0 Å². The molecule has 0 amide bonds. The molecule has 0 aliphatic rings. The predicted octanol–water partition coefficient (Wildman–Crippen LogP) is 8.55. The van der Waals surface area contributed by atoms with Crippen LogP contribution in [-0.2, 0) is 10.8 Å². The van der Waals surface area contributed by atoms with Crippen molar-refractivity contribution in [2.45, 2.75) is 80.1 Å². The number of aryl methyl sites for hydroxylation is 4. The third-order valence-electron chi connectivity index (χ3n) is 6.61. The molecule has 0 atom stereocenters. The Kier molecular flexibility index (Phi) is 6.37. The van der Waals surface area contributed by atoms with E-state index in [1.54, 1.807) is 0 Å². The highest BCUT2D eigenvalue weighted by Gasteiger charge is 2.24. The molecule has 0 aromatic heterocycles. The van der Waals surface area contributed by atoms with E-state index in [0.717, 1.165) is 44.5 Å². The second kappa shape index (κ2) is 8.48. The van der Waals surface area contributed by atoms with Gasteiger partial charge in [-0.15, -0.1) is 0 Å². The summed E-state index contributed by atoms with van der Waals surface area (Å²) in [6, 6.07) is 14.7. The van der Waals surface area contributed by atoms with Crippen molar-refractivity contribution in [3.05, 3.63) is 81.4 Å². The van der Waals surface area contributed by atoms with Gasteiger partial charge in [-0.25, -0.2) is 4.79 Å². The monoisotopic (exact) mass is 442 g/mol. The van der Waals surface area contributed by atoms with Gasteiger partial charge in [-0.3, -0.25) is 0 Å². The average molecular weight is 443 g/mol. The van der Waals surface area contributed by atoms with Crippen LogP contribution in [0.2, 0.25) is 0 Å². The Labute approximate surface area is 199 Å². The molecular formula is C31H38O2. The topological polar surface area (TPSA) is 37.3 Å². The van der Waals surface area contributed by atoms with Crippen LogP contribution in [0.5, 0.6) is 0 Å². The molecule has 0 unspecified atom stereocenters. The molecule has 0 heterocycles. The normalized spacial score (nSPS) is 12.2. The van der Waals surface area contributed by atoms with Gasteiger partial charge in [-0.2, -0.15) is 0 Å². The Morgan fingerprint density at radius 2 is 0.939 bits per heavy atom. The van der Waals surface area contributed by atoms with E-state index < -0.39 is 5.97 Å². The summed E-state index contributed by atoms with van der Waals surface area (Å²) in [6.07, 6.45) is 0. The molecule has 3 aromatic rings. The lowest BCUT2D eigenvalue weighted by atomic mass is 9.79. The zero-order valence-electron chi connectivity index (χ0n) is 21.9. The molecule has 2 heteroatoms. The zero-order chi connectivity index (χ0) is 24.9. The molecule has 0 spiro atoms. The van der Waals surface area contributed by atoms with Gasteiger partial charge in [0.25, 0.3) is 0 Å². The molecule has 0 fully saturated rings. The minimum Gasteiger partial charge on any atom is -0.478 e. The molecule has 0 aliphatic carbocycles. The molecule has 0 aliphatic heterocycles. The molecule has 0 saturated carbocycles. The van der Waals surface area contributed by atoms with Gasteiger partial charge in [0.1, 0.15) is 0 Å². The Morgan fingerprint density at radius 1 is 0.636 bits per heavy atom. The number of rotatable bonds is 3. The van der Waals surface area contributed by atoms with Crippen molar-refractivity contribution in [2.24, 2.45) is 0 Å². The van der Waals surface area contributed by atoms with Crippen LogP contribution in [0, 0.1) is 27.7 Å². The summed E-state index contributed by atoms with van der Waals surface area (Å²) in [5.41, 5.74) is 11.0. The van der Waals surface area contributed by atoms with Crippen molar-refractivity contribution in [1.29, 1.82) is 0 Å². The Bertz CT molecular complexity index is 1100. The molecular weight excluding hydrogens is 404 g/mol. The summed E-state index contributed by atoms with van der Waals surface area (Å²) in [5, 5.41) is 10.4. The Balaban J connectivity index is 2.33. The van der Waals surface area contributed by atoms with Gasteiger partial charge in [0, 0.05) is 0 Å². The summed E-state index contributed by atoms with van der Waals surface area (Å²) in [4.78, 5) is 12.7. The largest absolute Gasteiger partial charge is 0.478 e. The van der Waals surface area contributed by atoms with Crippen LogP contribution in [0.25, 0.3) is 22.3 Å². The van der Waals surface area contributed by atoms with Gasteiger partial charge in [0.2, 0.25) is 0 Å². The Hall–Kier alpha value is -2.87. The summed E-state index contributed by atoms with van der Waals surface area (Å²) < 4.78 is 0. The molecule has 33 heavy (non-hydrogen) atoms. The Morgan fingerprint density at radius 3 is 1.18 bits per heavy atom. The first-order chi connectivity index (χ1) is 15.1. The number of carboxylic acids is 1. The van der Waals surface area contributed by atoms with Gasteiger partial charge in [0.05, 0.1) is 5.56 Å². The van der Waals surface area contributed by atoms with Gasteiger partial charge in [-0.1, -0.05) is 84.0 Å². The molecule has 0 saturated heterocycles. The number of benzene rings is 3. The van der Waals surface area contributed by atoms with E-state index in [1.807, 2.05) is 18.2 Å². The molecule has 0 bridgehead atoms. The highest BCUT2D eigenvalue weighted by molar-refractivity contribution is 6.04. The fraction of sp³-hybridized carbons (Fsp3) is 0.387. The number of aromatic carboxylic acids is 1. The number of carbonyl (C=O) groups is 1. The van der Waals surface area contributed by atoms with E-state index in [0.29, 0.717) is 5.56 Å². The van der Waals surface area contributed by atoms with Crippen molar-refractivity contribution in [1.82, 2.24) is 0 Å². The van der Waals surface area contributed by atoms with Crippen LogP contribution in [0.1, 0.15) is 85.3 Å². The summed E-state index contributed by atoms with van der Waals surface area (Å²) in [6.45, 7) is 21.6. The first-order valence-electron chi connectivity index (χ1n) is 11.7. The van der Waals surface area contributed by atoms with Crippen molar-refractivity contribution in [3.63, 3.8) is 0 Å². The maximum Gasteiger partial charge on any atom is 0.336 e. The van der Waals surface area contributed by atoms with Crippen LogP contribution in [-0.4, -0.2) is 11.1 Å². The lowest BCUT2D eigenvalue weighted by Crippen LogP contribution is -2.13. The fourth-order valence-electron chi connectivity index (χ4n) is 4.84. The van der Waals surface area contributed by atoms with E-state index in [-0.39, 0.29) is 10.8 Å². The summed E-state index contributed by atoms with van der Waals surface area (Å²) in [5.74, 6) is -0.891. The molecule has 3 rings (SSSR count). The second-order valence-corrected chi connectivity index (χ2v) is 11.5. The van der Waals surface area contributed by atoms with Gasteiger partial charge in [0.15, 0.2) is 0 Å². The molecule has 1 N–H and O–H groups in total. The average Bonchev–Trinajstić information content (AvgIpc) is 2.65. The lowest BCUT2D eigenvalue weighted by Gasteiger charge is -2.25. The van der Waals surface area contributed by atoms with Crippen molar-refractivity contribution < 1.29 is 9.90 Å². The quantitative estimate of drug-likeness (QED) is 0.441. The third-order valence-corrected chi connectivity index (χ3v) is 6.61. The van der Waals surface area contributed by atoms with E-state index in [2.05, 4.69) is 93.5 Å². The van der Waals surface area contributed by atoms with E-state index >= 15 is 0 Å². The second-order valence-electron chi connectivity index (χ2n) is 11.5. The fourth-order valence-corrected chi connectivity index (χ4v) is 4.84. The molecule has 3 aromatic carbocycles. The van der Waals surface area contributed by atoms with Gasteiger partial charge >= 0.3 is 5.97 Å². The summed E-state index contributed by atoms with van der Waals surface area (Å²) in [7, 11) is 0. The maximum atomic E-state index is 12.7. The van der Waals surface area contributed by atoms with Crippen LogP contribution < -0.4 is 0 Å².